The van der Waals surface area contributed by atoms with Crippen LogP contribution in [0.4, 0.5) is 0 Å². The number of H-pyrrole nitrogens is 1. The number of fused-ring (bicyclic) bond motifs is 1. The minimum atomic E-state index is -0.326. The fourth-order valence-electron chi connectivity index (χ4n) is 3.72. The summed E-state index contributed by atoms with van der Waals surface area (Å²) in [6, 6.07) is 13.5. The smallest absolute Gasteiger partial charge is 0.290 e. The van der Waals surface area contributed by atoms with Crippen molar-refractivity contribution in [3.8, 4) is 11.3 Å². The van der Waals surface area contributed by atoms with E-state index in [1.165, 1.54) is 5.56 Å². The number of nitrogens with one attached hydrogen (secondary N) is 1. The van der Waals surface area contributed by atoms with E-state index in [-0.39, 0.29) is 23.5 Å². The number of carbonyl (C=O) groups is 2. The summed E-state index contributed by atoms with van der Waals surface area (Å²) in [5.74, 6) is -0.210. The Kier molecular flexibility index (Phi) is 6.46. The van der Waals surface area contributed by atoms with E-state index < -0.39 is 0 Å². The molecule has 30 heavy (non-hydrogen) atoms. The van der Waals surface area contributed by atoms with Crippen LogP contribution < -0.4 is 5.56 Å². The lowest BCUT2D eigenvalue weighted by Crippen LogP contribution is -2.36. The fraction of sp³-hybridized carbons (Fsp3) is 0.273. The van der Waals surface area contributed by atoms with E-state index in [4.69, 9.17) is 15.0 Å². The summed E-state index contributed by atoms with van der Waals surface area (Å²) < 4.78 is 1.92. The van der Waals surface area contributed by atoms with Crippen LogP contribution in [0.2, 0.25) is 0 Å². The lowest BCUT2D eigenvalue weighted by molar-refractivity contribution is -0.122. The molecule has 0 spiro atoms. The molecule has 2 aromatic heterocycles. The first-order valence-corrected chi connectivity index (χ1v) is 9.63. The van der Waals surface area contributed by atoms with E-state index >= 15 is 0 Å². The zero-order chi connectivity index (χ0) is 21.7. The molecule has 4 rings (SSSR count). The number of aromatic amines is 1. The predicted molar refractivity (Wildman–Crippen MR) is 112 cm³/mol. The van der Waals surface area contributed by atoms with Crippen molar-refractivity contribution < 1.29 is 14.7 Å². The number of carbonyl (C=O) groups excluding carboxylic acids is 1. The number of nitrogens with zero attached hydrogens (tertiary/aromatic N) is 3. The molecule has 0 radical (unpaired) electrons. The third-order valence-electron chi connectivity index (χ3n) is 5.15. The SMILES string of the molecule is Cc1ccc(C(=O)N2CCc3c(-c4ccccc4)nn(C)c3CC2)c(=O)[nH]1.O=CO. The van der Waals surface area contributed by atoms with Crippen LogP contribution in [0.5, 0.6) is 0 Å². The largest absolute Gasteiger partial charge is 0.483 e. The van der Waals surface area contributed by atoms with E-state index in [0.717, 1.165) is 35.5 Å². The highest BCUT2D eigenvalue weighted by atomic mass is 16.3. The zero-order valence-corrected chi connectivity index (χ0v) is 17.0. The van der Waals surface area contributed by atoms with Crippen molar-refractivity contribution >= 4 is 12.4 Å². The number of aromatic nitrogens is 3. The summed E-state index contributed by atoms with van der Waals surface area (Å²) in [5.41, 5.74) is 5.04. The maximum Gasteiger partial charge on any atom is 0.290 e. The standard InChI is InChI=1S/C21H22N4O2.CH2O2/c1-14-8-9-17(20(26)22-14)21(27)25-12-10-16-18(11-13-25)24(2)23-19(16)15-6-4-3-5-7-15;2-1-3/h3-9H,10-13H2,1-2H3,(H,22,26);1H,(H,2,3). The first-order chi connectivity index (χ1) is 14.5. The van der Waals surface area contributed by atoms with Crippen molar-refractivity contribution in [1.29, 1.82) is 0 Å². The quantitative estimate of drug-likeness (QED) is 0.631. The molecule has 0 saturated carbocycles. The second-order valence-corrected chi connectivity index (χ2v) is 7.05. The van der Waals surface area contributed by atoms with Gasteiger partial charge in [-0.3, -0.25) is 19.1 Å². The van der Waals surface area contributed by atoms with Crippen LogP contribution in [0.3, 0.4) is 0 Å². The number of amides is 1. The number of carboxylic acid groups (broad SMARTS) is 1. The highest BCUT2D eigenvalue weighted by Gasteiger charge is 2.26. The van der Waals surface area contributed by atoms with Crippen molar-refractivity contribution in [1.82, 2.24) is 19.7 Å². The highest BCUT2D eigenvalue weighted by Crippen LogP contribution is 2.28. The Morgan fingerprint density at radius 2 is 1.80 bits per heavy atom. The summed E-state index contributed by atoms with van der Waals surface area (Å²) in [6.45, 7) is 2.70. The van der Waals surface area contributed by atoms with E-state index in [1.807, 2.05) is 29.9 Å². The van der Waals surface area contributed by atoms with Gasteiger partial charge < -0.3 is 15.0 Å². The first-order valence-electron chi connectivity index (χ1n) is 9.63. The Morgan fingerprint density at radius 1 is 1.13 bits per heavy atom. The van der Waals surface area contributed by atoms with Gasteiger partial charge in [-0.2, -0.15) is 5.10 Å². The van der Waals surface area contributed by atoms with Crippen molar-refractivity contribution in [2.24, 2.45) is 7.05 Å². The Hall–Kier alpha value is -3.68. The van der Waals surface area contributed by atoms with Gasteiger partial charge in [0.2, 0.25) is 0 Å². The molecule has 0 aliphatic carbocycles. The lowest BCUT2D eigenvalue weighted by Gasteiger charge is -2.20. The van der Waals surface area contributed by atoms with Gasteiger partial charge in [0, 0.05) is 49.1 Å². The van der Waals surface area contributed by atoms with E-state index in [1.54, 1.807) is 24.0 Å². The minimum Gasteiger partial charge on any atom is -0.483 e. The summed E-state index contributed by atoms with van der Waals surface area (Å²) in [6.07, 6.45) is 1.45. The van der Waals surface area contributed by atoms with Crippen molar-refractivity contribution in [2.75, 3.05) is 13.1 Å². The number of hydrogen-bond acceptors (Lipinski definition) is 4. The topological polar surface area (TPSA) is 108 Å². The number of benzene rings is 1. The van der Waals surface area contributed by atoms with Crippen LogP contribution >= 0.6 is 0 Å². The molecular weight excluding hydrogens is 384 g/mol. The van der Waals surface area contributed by atoms with Crippen molar-refractivity contribution in [3.05, 3.63) is 75.3 Å². The van der Waals surface area contributed by atoms with Gasteiger partial charge in [-0.05, 0) is 25.5 Å². The fourth-order valence-corrected chi connectivity index (χ4v) is 3.72. The van der Waals surface area contributed by atoms with Crippen LogP contribution in [-0.4, -0.2) is 50.2 Å². The molecule has 0 atom stereocenters. The minimum absolute atomic E-state index is 0.202. The average Bonchev–Trinajstić information content (AvgIpc) is 2.90. The van der Waals surface area contributed by atoms with Crippen LogP contribution in [0, 0.1) is 6.92 Å². The van der Waals surface area contributed by atoms with Gasteiger partial charge in [-0.15, -0.1) is 0 Å². The van der Waals surface area contributed by atoms with Gasteiger partial charge >= 0.3 is 0 Å². The van der Waals surface area contributed by atoms with E-state index in [0.29, 0.717) is 13.1 Å². The number of aryl methyl sites for hydroxylation is 2. The Labute approximate surface area is 173 Å². The molecule has 0 saturated heterocycles. The molecule has 0 bridgehead atoms. The summed E-state index contributed by atoms with van der Waals surface area (Å²) in [5, 5.41) is 11.6. The maximum atomic E-state index is 12.9. The molecule has 3 heterocycles. The Bertz CT molecular complexity index is 1100. The molecule has 8 heteroatoms. The second kappa shape index (κ2) is 9.21. The van der Waals surface area contributed by atoms with E-state index in [2.05, 4.69) is 17.1 Å². The Balaban J connectivity index is 0.000000806. The van der Waals surface area contributed by atoms with Crippen LogP contribution in [0.1, 0.15) is 27.3 Å². The molecule has 3 aromatic rings. The third-order valence-corrected chi connectivity index (χ3v) is 5.15. The van der Waals surface area contributed by atoms with Gasteiger partial charge in [0.15, 0.2) is 0 Å². The van der Waals surface area contributed by atoms with Gasteiger partial charge in [-0.1, -0.05) is 30.3 Å². The maximum absolute atomic E-state index is 12.9. The zero-order valence-electron chi connectivity index (χ0n) is 17.0. The van der Waals surface area contributed by atoms with Crippen LogP contribution in [-0.2, 0) is 24.7 Å². The molecule has 2 N–H and O–H groups in total. The number of pyridine rings is 1. The second-order valence-electron chi connectivity index (χ2n) is 7.05. The first kappa shape index (κ1) is 21.0. The summed E-state index contributed by atoms with van der Waals surface area (Å²) >= 11 is 0. The molecule has 1 aromatic carbocycles. The number of rotatable bonds is 2. The van der Waals surface area contributed by atoms with E-state index in [9.17, 15) is 9.59 Å². The molecule has 0 unspecified atom stereocenters. The molecule has 1 aliphatic rings. The summed E-state index contributed by atoms with van der Waals surface area (Å²) in [7, 11) is 1.95. The molecule has 1 amide bonds. The predicted octanol–water partition coefficient (Wildman–Crippen LogP) is 2.03. The van der Waals surface area contributed by atoms with Gasteiger partial charge in [0.05, 0.1) is 5.69 Å². The monoisotopic (exact) mass is 408 g/mol. The van der Waals surface area contributed by atoms with Gasteiger partial charge in [-0.25, -0.2) is 0 Å². The third kappa shape index (κ3) is 4.32. The normalized spacial score (nSPS) is 12.9. The van der Waals surface area contributed by atoms with Crippen LogP contribution in [0.25, 0.3) is 11.3 Å². The molecule has 8 nitrogen and oxygen atoms in total. The van der Waals surface area contributed by atoms with Crippen LogP contribution in [0.15, 0.2) is 47.3 Å². The Morgan fingerprint density at radius 3 is 2.47 bits per heavy atom. The lowest BCUT2D eigenvalue weighted by atomic mass is 10.0. The van der Waals surface area contributed by atoms with Crippen molar-refractivity contribution in [2.45, 2.75) is 19.8 Å². The average molecular weight is 408 g/mol. The molecule has 0 fully saturated rings. The summed E-state index contributed by atoms with van der Waals surface area (Å²) in [4.78, 5) is 37.9. The van der Waals surface area contributed by atoms with Gasteiger partial charge in [0.25, 0.3) is 17.9 Å². The molecule has 156 valence electrons. The molecule has 1 aliphatic heterocycles. The molecular formula is C22H24N4O4. The number of hydrogen-bond donors (Lipinski definition) is 2. The highest BCUT2D eigenvalue weighted by molar-refractivity contribution is 5.94. The van der Waals surface area contributed by atoms with Crippen molar-refractivity contribution in [3.63, 3.8) is 0 Å². The van der Waals surface area contributed by atoms with Gasteiger partial charge in [0.1, 0.15) is 5.56 Å².